The average Bonchev–Trinajstić information content (AvgIpc) is 2.57. The Bertz CT molecular complexity index is 363. The number of halogens is 2. The van der Waals surface area contributed by atoms with E-state index >= 15 is 0 Å². The van der Waals surface area contributed by atoms with Crippen molar-refractivity contribution < 1.29 is 4.74 Å². The summed E-state index contributed by atoms with van der Waals surface area (Å²) in [6.45, 7) is 2.93. The summed E-state index contributed by atoms with van der Waals surface area (Å²) in [5, 5.41) is 2.06. The molecule has 1 aliphatic rings. The molecule has 1 saturated heterocycles. The molecule has 0 aliphatic carbocycles. The Morgan fingerprint density at radius 2 is 2.47 bits per heavy atom. The van der Waals surface area contributed by atoms with Gasteiger partial charge in [0.1, 0.15) is 5.03 Å². The van der Waals surface area contributed by atoms with Crippen molar-refractivity contribution in [1.82, 2.24) is 4.98 Å². The van der Waals surface area contributed by atoms with E-state index < -0.39 is 0 Å². The van der Waals surface area contributed by atoms with Crippen LogP contribution in [0, 0.1) is 0 Å². The van der Waals surface area contributed by atoms with Gasteiger partial charge in [0.05, 0.1) is 11.1 Å². The van der Waals surface area contributed by atoms with E-state index in [-0.39, 0.29) is 6.10 Å². The SMILES string of the molecule is CC1OCCC1Sc1ncc(Br)cc1Cl. The van der Waals surface area contributed by atoms with Gasteiger partial charge < -0.3 is 4.74 Å². The Hall–Kier alpha value is 0.230. The Morgan fingerprint density at radius 3 is 3.07 bits per heavy atom. The first-order valence-corrected chi connectivity index (χ1v) is 6.81. The van der Waals surface area contributed by atoms with Crippen molar-refractivity contribution in [1.29, 1.82) is 0 Å². The van der Waals surface area contributed by atoms with E-state index in [9.17, 15) is 0 Å². The highest BCUT2D eigenvalue weighted by atomic mass is 79.9. The number of aromatic nitrogens is 1. The number of rotatable bonds is 2. The maximum atomic E-state index is 6.10. The topological polar surface area (TPSA) is 22.1 Å². The molecular formula is C10H11BrClNOS. The van der Waals surface area contributed by atoms with E-state index in [0.29, 0.717) is 10.3 Å². The molecule has 1 fully saturated rings. The van der Waals surface area contributed by atoms with E-state index in [1.54, 1.807) is 18.0 Å². The van der Waals surface area contributed by atoms with Gasteiger partial charge in [-0.15, -0.1) is 0 Å². The van der Waals surface area contributed by atoms with E-state index in [0.717, 1.165) is 22.5 Å². The van der Waals surface area contributed by atoms with Crippen LogP contribution < -0.4 is 0 Å². The van der Waals surface area contributed by atoms with E-state index in [2.05, 4.69) is 27.8 Å². The second-order valence-corrected chi connectivity index (χ2v) is 6.01. The molecule has 15 heavy (non-hydrogen) atoms. The fourth-order valence-corrected chi connectivity index (χ4v) is 3.32. The van der Waals surface area contributed by atoms with Crippen LogP contribution in [0.25, 0.3) is 0 Å². The summed E-state index contributed by atoms with van der Waals surface area (Å²) in [5.41, 5.74) is 0. The van der Waals surface area contributed by atoms with Gasteiger partial charge in [-0.25, -0.2) is 4.98 Å². The molecule has 5 heteroatoms. The minimum atomic E-state index is 0.288. The number of hydrogen-bond donors (Lipinski definition) is 0. The van der Waals surface area contributed by atoms with Crippen LogP contribution in [0.3, 0.4) is 0 Å². The van der Waals surface area contributed by atoms with E-state index in [1.807, 2.05) is 6.07 Å². The molecule has 2 nitrogen and oxygen atoms in total. The Morgan fingerprint density at radius 1 is 1.67 bits per heavy atom. The van der Waals surface area contributed by atoms with Crippen LogP contribution in [0.2, 0.25) is 5.02 Å². The fourth-order valence-electron chi connectivity index (χ4n) is 1.50. The molecule has 1 aromatic heterocycles. The van der Waals surface area contributed by atoms with Crippen LogP contribution in [-0.2, 0) is 4.74 Å². The van der Waals surface area contributed by atoms with Gasteiger partial charge in [-0.05, 0) is 35.3 Å². The van der Waals surface area contributed by atoms with Crippen LogP contribution in [0.15, 0.2) is 21.8 Å². The predicted octanol–water partition coefficient (Wildman–Crippen LogP) is 3.77. The third kappa shape index (κ3) is 2.87. The number of pyridine rings is 1. The maximum Gasteiger partial charge on any atom is 0.115 e. The van der Waals surface area contributed by atoms with Crippen molar-refractivity contribution in [2.75, 3.05) is 6.61 Å². The van der Waals surface area contributed by atoms with Crippen LogP contribution in [0.1, 0.15) is 13.3 Å². The zero-order valence-electron chi connectivity index (χ0n) is 8.24. The van der Waals surface area contributed by atoms with Crippen LogP contribution in [-0.4, -0.2) is 22.9 Å². The van der Waals surface area contributed by atoms with Crippen LogP contribution in [0.4, 0.5) is 0 Å². The van der Waals surface area contributed by atoms with Gasteiger partial charge in [0, 0.05) is 22.5 Å². The largest absolute Gasteiger partial charge is 0.377 e. The molecule has 1 aromatic rings. The summed E-state index contributed by atoms with van der Waals surface area (Å²) < 4.78 is 6.41. The number of hydrogen-bond acceptors (Lipinski definition) is 3. The molecule has 0 radical (unpaired) electrons. The number of ether oxygens (including phenoxy) is 1. The van der Waals surface area contributed by atoms with Gasteiger partial charge >= 0.3 is 0 Å². The standard InChI is InChI=1S/C10H11BrClNOS/c1-6-9(2-3-14-6)15-10-8(12)4-7(11)5-13-10/h4-6,9H,2-3H2,1H3. The molecule has 82 valence electrons. The molecule has 0 bridgehead atoms. The minimum Gasteiger partial charge on any atom is -0.377 e. The molecule has 2 unspecified atom stereocenters. The highest BCUT2D eigenvalue weighted by Gasteiger charge is 2.26. The summed E-state index contributed by atoms with van der Waals surface area (Å²) in [7, 11) is 0. The Balaban J connectivity index is 2.10. The Labute approximate surface area is 107 Å². The van der Waals surface area contributed by atoms with Crippen molar-refractivity contribution >= 4 is 39.3 Å². The summed E-state index contributed by atoms with van der Waals surface area (Å²) in [4.78, 5) is 4.30. The average molecular weight is 309 g/mol. The summed E-state index contributed by atoms with van der Waals surface area (Å²) >= 11 is 11.1. The van der Waals surface area contributed by atoms with Crippen molar-refractivity contribution in [3.8, 4) is 0 Å². The molecule has 2 heterocycles. The molecular weight excluding hydrogens is 298 g/mol. The van der Waals surface area contributed by atoms with Gasteiger partial charge in [-0.2, -0.15) is 0 Å². The summed E-state index contributed by atoms with van der Waals surface area (Å²) in [5.74, 6) is 0. The van der Waals surface area contributed by atoms with Crippen molar-refractivity contribution in [3.05, 3.63) is 21.8 Å². The first-order chi connectivity index (χ1) is 7.16. The zero-order valence-corrected chi connectivity index (χ0v) is 11.4. The molecule has 0 saturated carbocycles. The molecule has 0 aromatic carbocycles. The summed E-state index contributed by atoms with van der Waals surface area (Å²) in [6.07, 6.45) is 3.13. The zero-order chi connectivity index (χ0) is 10.8. The lowest BCUT2D eigenvalue weighted by Gasteiger charge is -2.13. The molecule has 0 amide bonds. The van der Waals surface area contributed by atoms with E-state index in [1.165, 1.54) is 0 Å². The molecule has 0 spiro atoms. The van der Waals surface area contributed by atoms with Crippen molar-refractivity contribution in [3.63, 3.8) is 0 Å². The maximum absolute atomic E-state index is 6.10. The molecule has 2 rings (SSSR count). The van der Waals surface area contributed by atoms with E-state index in [4.69, 9.17) is 16.3 Å². The third-order valence-corrected chi connectivity index (χ3v) is 4.65. The third-order valence-electron chi connectivity index (χ3n) is 2.34. The normalized spacial score (nSPS) is 25.8. The van der Waals surface area contributed by atoms with Gasteiger partial charge in [-0.3, -0.25) is 0 Å². The highest BCUT2D eigenvalue weighted by molar-refractivity contribution is 9.10. The van der Waals surface area contributed by atoms with Gasteiger partial charge in [-0.1, -0.05) is 23.4 Å². The lowest BCUT2D eigenvalue weighted by Crippen LogP contribution is -2.13. The lowest BCUT2D eigenvalue weighted by atomic mass is 10.3. The minimum absolute atomic E-state index is 0.288. The first-order valence-electron chi connectivity index (χ1n) is 4.76. The second kappa shape index (κ2) is 5.04. The molecule has 2 atom stereocenters. The monoisotopic (exact) mass is 307 g/mol. The van der Waals surface area contributed by atoms with Gasteiger partial charge in [0.15, 0.2) is 0 Å². The van der Waals surface area contributed by atoms with Crippen molar-refractivity contribution in [2.24, 2.45) is 0 Å². The number of nitrogens with zero attached hydrogens (tertiary/aromatic N) is 1. The smallest absolute Gasteiger partial charge is 0.115 e. The Kier molecular flexibility index (Phi) is 3.93. The summed E-state index contributed by atoms with van der Waals surface area (Å²) in [6, 6.07) is 1.87. The van der Waals surface area contributed by atoms with Crippen LogP contribution >= 0.6 is 39.3 Å². The quantitative estimate of drug-likeness (QED) is 0.830. The predicted molar refractivity (Wildman–Crippen MR) is 66.6 cm³/mol. The molecule has 0 N–H and O–H groups in total. The number of thioether (sulfide) groups is 1. The molecule has 1 aliphatic heterocycles. The second-order valence-electron chi connectivity index (χ2n) is 3.46. The van der Waals surface area contributed by atoms with Gasteiger partial charge in [0.25, 0.3) is 0 Å². The fraction of sp³-hybridized carbons (Fsp3) is 0.500. The highest BCUT2D eigenvalue weighted by Crippen LogP contribution is 2.35. The lowest BCUT2D eigenvalue weighted by molar-refractivity contribution is 0.127. The first kappa shape index (κ1) is 11.7. The van der Waals surface area contributed by atoms with Gasteiger partial charge in [0.2, 0.25) is 0 Å². The van der Waals surface area contributed by atoms with Crippen molar-refractivity contribution in [2.45, 2.75) is 29.7 Å². The van der Waals surface area contributed by atoms with Crippen LogP contribution in [0.5, 0.6) is 0 Å².